The normalized spacial score (nSPS) is 10.8. The molecule has 3 aromatic rings. The van der Waals surface area contributed by atoms with E-state index < -0.39 is 0 Å². The molecule has 0 unspecified atom stereocenters. The molecule has 0 atom stereocenters. The van der Waals surface area contributed by atoms with Crippen LogP contribution < -0.4 is 27.0 Å². The standard InChI is InChI=1S/C29H42N8O3/c1-3-4-14-32-27-35-28(33-20-23-7-5-22(2)6-8-23)37-29(36-27)34-21-24-9-11-25(12-10-24)26(38)31-15-17-40-19-18-39-16-13-30/h5-12H,3-4,13-21,30H2,1-2H3,(H,31,38)(H3,32,33,34,35,36,37). The summed E-state index contributed by atoms with van der Waals surface area (Å²) in [6.07, 6.45) is 2.10. The van der Waals surface area contributed by atoms with Crippen LogP contribution in [0.2, 0.25) is 0 Å². The first-order valence-electron chi connectivity index (χ1n) is 13.8. The monoisotopic (exact) mass is 550 g/mol. The van der Waals surface area contributed by atoms with Gasteiger partial charge in [0.2, 0.25) is 17.8 Å². The van der Waals surface area contributed by atoms with E-state index in [1.54, 1.807) is 12.1 Å². The van der Waals surface area contributed by atoms with Gasteiger partial charge in [0, 0.05) is 38.3 Å². The van der Waals surface area contributed by atoms with Gasteiger partial charge in [-0.3, -0.25) is 4.79 Å². The minimum Gasteiger partial charge on any atom is -0.378 e. The lowest BCUT2D eigenvalue weighted by atomic mass is 10.1. The molecule has 216 valence electrons. The van der Waals surface area contributed by atoms with Crippen molar-refractivity contribution in [2.75, 3.05) is 62.0 Å². The van der Waals surface area contributed by atoms with Gasteiger partial charge in [-0.05, 0) is 36.6 Å². The van der Waals surface area contributed by atoms with Crippen molar-refractivity contribution in [1.29, 1.82) is 0 Å². The van der Waals surface area contributed by atoms with E-state index in [4.69, 9.17) is 15.2 Å². The predicted octanol–water partition coefficient (Wildman–Crippen LogP) is 3.34. The Morgan fingerprint density at radius 1 is 0.750 bits per heavy atom. The topological polar surface area (TPSA) is 148 Å². The second-order valence-corrected chi connectivity index (χ2v) is 9.25. The molecule has 3 rings (SSSR count). The van der Waals surface area contributed by atoms with Crippen LogP contribution in [0.3, 0.4) is 0 Å². The molecule has 2 aromatic carbocycles. The zero-order valence-corrected chi connectivity index (χ0v) is 23.5. The maximum atomic E-state index is 12.4. The Labute approximate surface area is 236 Å². The summed E-state index contributed by atoms with van der Waals surface area (Å²) in [5.74, 6) is 1.34. The van der Waals surface area contributed by atoms with Crippen LogP contribution in [0, 0.1) is 6.92 Å². The quantitative estimate of drug-likeness (QED) is 0.141. The van der Waals surface area contributed by atoms with Gasteiger partial charge in [0.15, 0.2) is 0 Å². The van der Waals surface area contributed by atoms with E-state index in [9.17, 15) is 4.79 Å². The van der Waals surface area contributed by atoms with Gasteiger partial charge in [-0.15, -0.1) is 0 Å². The molecular weight excluding hydrogens is 508 g/mol. The smallest absolute Gasteiger partial charge is 0.251 e. The average molecular weight is 551 g/mol. The van der Waals surface area contributed by atoms with Crippen molar-refractivity contribution in [2.24, 2.45) is 5.73 Å². The first-order chi connectivity index (χ1) is 19.6. The Morgan fingerprint density at radius 3 is 1.88 bits per heavy atom. The number of hydrogen-bond donors (Lipinski definition) is 5. The fraction of sp³-hybridized carbons (Fsp3) is 0.448. The number of benzene rings is 2. The number of nitrogens with one attached hydrogen (secondary N) is 4. The van der Waals surface area contributed by atoms with Crippen LogP contribution in [0.1, 0.15) is 46.8 Å². The van der Waals surface area contributed by atoms with Crippen molar-refractivity contribution in [3.8, 4) is 0 Å². The molecule has 0 fully saturated rings. The van der Waals surface area contributed by atoms with E-state index in [2.05, 4.69) is 74.3 Å². The van der Waals surface area contributed by atoms with Crippen molar-refractivity contribution in [2.45, 2.75) is 39.8 Å². The SMILES string of the molecule is CCCCNc1nc(NCc2ccc(C)cc2)nc(NCc2ccc(C(=O)NCCOCCOCCN)cc2)n1. The minimum absolute atomic E-state index is 0.146. The van der Waals surface area contributed by atoms with E-state index in [1.165, 1.54) is 5.56 Å². The van der Waals surface area contributed by atoms with Gasteiger partial charge < -0.3 is 36.5 Å². The summed E-state index contributed by atoms with van der Waals surface area (Å²) in [5.41, 5.74) is 9.30. The molecule has 1 heterocycles. The summed E-state index contributed by atoms with van der Waals surface area (Å²) in [7, 11) is 0. The molecule has 1 aromatic heterocycles. The fourth-order valence-corrected chi connectivity index (χ4v) is 3.58. The Hall–Kier alpha value is -3.80. The fourth-order valence-electron chi connectivity index (χ4n) is 3.58. The van der Waals surface area contributed by atoms with Gasteiger partial charge >= 0.3 is 0 Å². The van der Waals surface area contributed by atoms with Crippen molar-refractivity contribution < 1.29 is 14.3 Å². The Kier molecular flexibility index (Phi) is 13.6. The number of carbonyl (C=O) groups is 1. The number of rotatable bonds is 19. The molecule has 11 heteroatoms. The van der Waals surface area contributed by atoms with Gasteiger partial charge in [-0.2, -0.15) is 15.0 Å². The molecule has 0 bridgehead atoms. The van der Waals surface area contributed by atoms with Crippen molar-refractivity contribution >= 4 is 23.8 Å². The van der Waals surface area contributed by atoms with Crippen molar-refractivity contribution in [3.05, 3.63) is 70.8 Å². The van der Waals surface area contributed by atoms with E-state index in [-0.39, 0.29) is 5.91 Å². The molecule has 0 spiro atoms. The minimum atomic E-state index is -0.146. The number of hydrogen-bond acceptors (Lipinski definition) is 10. The lowest BCUT2D eigenvalue weighted by Gasteiger charge is -2.12. The third-order valence-corrected chi connectivity index (χ3v) is 5.85. The summed E-state index contributed by atoms with van der Waals surface area (Å²) in [6, 6.07) is 15.8. The lowest BCUT2D eigenvalue weighted by molar-refractivity contribution is 0.0511. The van der Waals surface area contributed by atoms with Crippen LogP contribution in [0.25, 0.3) is 0 Å². The number of nitrogens with zero attached hydrogens (tertiary/aromatic N) is 3. The average Bonchev–Trinajstić information content (AvgIpc) is 2.97. The summed E-state index contributed by atoms with van der Waals surface area (Å²) in [4.78, 5) is 26.0. The molecule has 0 aliphatic carbocycles. The van der Waals surface area contributed by atoms with Crippen LogP contribution in [-0.4, -0.2) is 66.9 Å². The summed E-state index contributed by atoms with van der Waals surface area (Å²) >= 11 is 0. The summed E-state index contributed by atoms with van der Waals surface area (Å²) in [5, 5.41) is 12.7. The Morgan fingerprint density at radius 2 is 1.30 bits per heavy atom. The molecule has 1 amide bonds. The zero-order valence-electron chi connectivity index (χ0n) is 23.5. The van der Waals surface area contributed by atoms with Crippen LogP contribution in [0.4, 0.5) is 17.8 Å². The predicted molar refractivity (Wildman–Crippen MR) is 159 cm³/mol. The molecule has 40 heavy (non-hydrogen) atoms. The summed E-state index contributed by atoms with van der Waals surface area (Å²) < 4.78 is 10.7. The van der Waals surface area contributed by atoms with Crippen molar-refractivity contribution in [1.82, 2.24) is 20.3 Å². The van der Waals surface area contributed by atoms with Gasteiger partial charge in [0.05, 0.1) is 26.4 Å². The Balaban J connectivity index is 1.50. The second kappa shape index (κ2) is 17.7. The third kappa shape index (κ3) is 11.5. The molecule has 11 nitrogen and oxygen atoms in total. The molecule has 0 saturated heterocycles. The number of aromatic nitrogens is 3. The lowest BCUT2D eigenvalue weighted by Crippen LogP contribution is -2.27. The number of nitrogens with two attached hydrogens (primary N) is 1. The van der Waals surface area contributed by atoms with Crippen LogP contribution in [0.5, 0.6) is 0 Å². The molecule has 0 aliphatic rings. The number of unbranched alkanes of at least 4 members (excludes halogenated alkanes) is 1. The second-order valence-electron chi connectivity index (χ2n) is 9.25. The highest BCUT2D eigenvalue weighted by Gasteiger charge is 2.08. The van der Waals surface area contributed by atoms with Gasteiger partial charge in [-0.1, -0.05) is 55.3 Å². The number of carbonyl (C=O) groups excluding carboxylic acids is 1. The molecule has 0 radical (unpaired) electrons. The maximum absolute atomic E-state index is 12.4. The largest absolute Gasteiger partial charge is 0.378 e. The molecule has 0 aliphatic heterocycles. The van der Waals surface area contributed by atoms with Crippen LogP contribution in [0.15, 0.2) is 48.5 Å². The van der Waals surface area contributed by atoms with Gasteiger partial charge in [0.1, 0.15) is 0 Å². The molecular formula is C29H42N8O3. The first-order valence-corrected chi connectivity index (χ1v) is 13.8. The maximum Gasteiger partial charge on any atom is 0.251 e. The highest BCUT2D eigenvalue weighted by molar-refractivity contribution is 5.94. The summed E-state index contributed by atoms with van der Waals surface area (Å²) in [6.45, 7) is 8.92. The van der Waals surface area contributed by atoms with E-state index in [0.717, 1.165) is 30.5 Å². The highest BCUT2D eigenvalue weighted by atomic mass is 16.5. The molecule has 0 saturated carbocycles. The number of anilines is 3. The zero-order chi connectivity index (χ0) is 28.4. The van der Waals surface area contributed by atoms with Crippen molar-refractivity contribution in [3.63, 3.8) is 0 Å². The third-order valence-electron chi connectivity index (χ3n) is 5.85. The van der Waals surface area contributed by atoms with Crippen LogP contribution in [-0.2, 0) is 22.6 Å². The number of amides is 1. The molecule has 6 N–H and O–H groups in total. The van der Waals surface area contributed by atoms with E-state index in [0.29, 0.717) is 76.0 Å². The van der Waals surface area contributed by atoms with Gasteiger partial charge in [0.25, 0.3) is 5.91 Å². The number of aryl methyl sites for hydroxylation is 1. The highest BCUT2D eigenvalue weighted by Crippen LogP contribution is 2.13. The van der Waals surface area contributed by atoms with Crippen LogP contribution >= 0.6 is 0 Å². The van der Waals surface area contributed by atoms with E-state index in [1.807, 2.05) is 12.1 Å². The first kappa shape index (κ1) is 30.7. The number of ether oxygens (including phenoxy) is 2. The van der Waals surface area contributed by atoms with Gasteiger partial charge in [-0.25, -0.2) is 0 Å². The Bertz CT molecular complexity index is 1140. The van der Waals surface area contributed by atoms with E-state index >= 15 is 0 Å².